The number of anilines is 1. The van der Waals surface area contributed by atoms with E-state index in [-0.39, 0.29) is 5.38 Å². The van der Waals surface area contributed by atoms with Crippen LogP contribution in [0.5, 0.6) is 0 Å². The first kappa shape index (κ1) is 18.6. The van der Waals surface area contributed by atoms with Gasteiger partial charge in [-0.15, -0.1) is 11.6 Å². The lowest BCUT2D eigenvalue weighted by Crippen LogP contribution is -2.40. The third kappa shape index (κ3) is 6.10. The molecule has 1 aliphatic carbocycles. The molecular weight excluding hydrogens is 320 g/mol. The second kappa shape index (κ2) is 8.23. The van der Waals surface area contributed by atoms with E-state index >= 15 is 0 Å². The quantitative estimate of drug-likeness (QED) is 0.311. The highest BCUT2D eigenvalue weighted by Crippen LogP contribution is 2.34. The molecule has 1 aliphatic rings. The lowest BCUT2D eigenvalue weighted by molar-refractivity contribution is 0.368. The standard InChI is InChI=1S/C13H17ClN3.BF4/c1-17(12-8-4-2-6-10(12)14)13-9-5-3-7-11(13)16-15;2-1(3,4)5/h3,5,7,9-10,12H,2,4,6,8H2,1H3;/q+1;-1. The average Bonchev–Trinajstić information content (AvgIpc) is 2.45. The van der Waals surface area contributed by atoms with E-state index < -0.39 is 7.25 Å². The van der Waals surface area contributed by atoms with Crippen molar-refractivity contribution in [3.63, 3.8) is 0 Å². The molecule has 0 saturated heterocycles. The highest BCUT2D eigenvalue weighted by molar-refractivity contribution is 6.50. The molecule has 2 rings (SSSR count). The van der Waals surface area contributed by atoms with Crippen molar-refractivity contribution in [2.75, 3.05) is 11.9 Å². The zero-order valence-corrected chi connectivity index (χ0v) is 12.9. The summed E-state index contributed by atoms with van der Waals surface area (Å²) in [5.41, 5.74) is 1.54. The van der Waals surface area contributed by atoms with E-state index in [1.165, 1.54) is 12.8 Å². The summed E-state index contributed by atoms with van der Waals surface area (Å²) < 4.78 is 39.0. The van der Waals surface area contributed by atoms with Crippen LogP contribution in [0.25, 0.3) is 4.98 Å². The second-order valence-electron chi connectivity index (χ2n) is 5.06. The zero-order valence-electron chi connectivity index (χ0n) is 12.1. The van der Waals surface area contributed by atoms with Crippen molar-refractivity contribution in [3.8, 4) is 0 Å². The number of para-hydroxylation sites is 1. The van der Waals surface area contributed by atoms with Gasteiger partial charge >= 0.3 is 12.9 Å². The Bertz CT molecular complexity index is 515. The Kier molecular flexibility index (Phi) is 6.94. The van der Waals surface area contributed by atoms with E-state index in [1.807, 2.05) is 25.2 Å². The summed E-state index contributed by atoms with van der Waals surface area (Å²) >= 11 is 6.39. The van der Waals surface area contributed by atoms with Crippen LogP contribution in [0.15, 0.2) is 24.3 Å². The van der Waals surface area contributed by atoms with Gasteiger partial charge in [0.05, 0.1) is 5.38 Å². The number of benzene rings is 1. The van der Waals surface area contributed by atoms with Crippen molar-refractivity contribution in [2.24, 2.45) is 0 Å². The van der Waals surface area contributed by atoms with Gasteiger partial charge in [-0.3, -0.25) is 0 Å². The van der Waals surface area contributed by atoms with Crippen molar-refractivity contribution in [3.05, 3.63) is 29.2 Å². The van der Waals surface area contributed by atoms with Gasteiger partial charge in [-0.1, -0.05) is 25.0 Å². The molecule has 0 N–H and O–H groups in total. The van der Waals surface area contributed by atoms with Crippen LogP contribution in [-0.2, 0) is 0 Å². The van der Waals surface area contributed by atoms with Crippen molar-refractivity contribution in [2.45, 2.75) is 37.1 Å². The Morgan fingerprint density at radius 1 is 1.18 bits per heavy atom. The van der Waals surface area contributed by atoms with E-state index in [4.69, 9.17) is 17.0 Å². The summed E-state index contributed by atoms with van der Waals surface area (Å²) in [5.74, 6) is 0. The number of hydrogen-bond donors (Lipinski definition) is 0. The minimum atomic E-state index is -6.00. The zero-order chi connectivity index (χ0) is 16.8. The van der Waals surface area contributed by atoms with Gasteiger partial charge in [0.25, 0.3) is 0 Å². The van der Waals surface area contributed by atoms with Gasteiger partial charge < -0.3 is 22.2 Å². The lowest BCUT2D eigenvalue weighted by Gasteiger charge is -2.35. The first-order valence-corrected chi connectivity index (χ1v) is 7.36. The summed E-state index contributed by atoms with van der Waals surface area (Å²) in [4.78, 5) is 5.47. The maximum atomic E-state index is 9.75. The number of alkyl halides is 1. The predicted octanol–water partition coefficient (Wildman–Crippen LogP) is 5.46. The first-order valence-electron chi connectivity index (χ1n) is 6.92. The molecule has 1 aromatic rings. The fourth-order valence-electron chi connectivity index (χ4n) is 2.53. The second-order valence-corrected chi connectivity index (χ2v) is 5.62. The van der Waals surface area contributed by atoms with Crippen molar-refractivity contribution >= 4 is 30.2 Å². The molecule has 0 heterocycles. The molecule has 0 spiro atoms. The van der Waals surface area contributed by atoms with Gasteiger partial charge in [0, 0.05) is 19.2 Å². The molecule has 9 heteroatoms. The van der Waals surface area contributed by atoms with E-state index in [2.05, 4.69) is 9.88 Å². The fraction of sp³-hybridized carbons (Fsp3) is 0.538. The molecule has 1 saturated carbocycles. The molecule has 1 aromatic carbocycles. The predicted molar refractivity (Wildman–Crippen MR) is 81.7 cm³/mol. The third-order valence-corrected chi connectivity index (χ3v) is 4.02. The molecule has 0 amide bonds. The molecule has 0 radical (unpaired) electrons. The van der Waals surface area contributed by atoms with E-state index in [0.717, 1.165) is 18.5 Å². The minimum Gasteiger partial charge on any atom is -0.418 e. The average molecular weight is 338 g/mol. The lowest BCUT2D eigenvalue weighted by atomic mass is 9.93. The van der Waals surface area contributed by atoms with Gasteiger partial charge in [0.15, 0.2) is 4.98 Å². The SMILES string of the molecule is CN(c1ccccc1[N+]#N)C1CCCCC1Cl.F[B-](F)(F)F. The summed E-state index contributed by atoms with van der Waals surface area (Å²) in [7, 11) is -3.98. The normalized spacial score (nSPS) is 21.3. The van der Waals surface area contributed by atoms with Crippen molar-refractivity contribution in [1.29, 1.82) is 5.39 Å². The summed E-state index contributed by atoms with van der Waals surface area (Å²) in [6, 6.07) is 7.91. The van der Waals surface area contributed by atoms with Crippen LogP contribution >= 0.6 is 11.6 Å². The van der Waals surface area contributed by atoms with E-state index in [0.29, 0.717) is 11.7 Å². The maximum absolute atomic E-state index is 9.75. The number of hydrogen-bond acceptors (Lipinski definition) is 2. The summed E-state index contributed by atoms with van der Waals surface area (Å²) in [5, 5.41) is 9.18. The number of halogens is 5. The maximum Gasteiger partial charge on any atom is 0.673 e. The Morgan fingerprint density at radius 3 is 2.27 bits per heavy atom. The van der Waals surface area contributed by atoms with Crippen LogP contribution in [0, 0.1) is 5.39 Å². The number of nitrogens with zero attached hydrogens (tertiary/aromatic N) is 3. The Balaban J connectivity index is 0.000000422. The minimum absolute atomic E-state index is 0.181. The van der Waals surface area contributed by atoms with E-state index in [9.17, 15) is 17.3 Å². The van der Waals surface area contributed by atoms with Crippen LogP contribution < -0.4 is 4.90 Å². The monoisotopic (exact) mass is 337 g/mol. The van der Waals surface area contributed by atoms with Crippen molar-refractivity contribution < 1.29 is 17.3 Å². The fourth-order valence-corrected chi connectivity index (χ4v) is 2.98. The molecule has 2 atom stereocenters. The molecule has 0 bridgehead atoms. The Hall–Kier alpha value is -1.49. The van der Waals surface area contributed by atoms with E-state index in [1.54, 1.807) is 6.07 Å². The highest BCUT2D eigenvalue weighted by Gasteiger charge is 2.30. The van der Waals surface area contributed by atoms with Crippen LogP contribution in [0.3, 0.4) is 0 Å². The number of rotatable bonds is 2. The van der Waals surface area contributed by atoms with Crippen molar-refractivity contribution in [1.82, 2.24) is 0 Å². The summed E-state index contributed by atoms with van der Waals surface area (Å²) in [6.07, 6.45) is 4.60. The molecule has 122 valence electrons. The van der Waals surface area contributed by atoms with Crippen LogP contribution in [0.2, 0.25) is 0 Å². The van der Waals surface area contributed by atoms with Gasteiger partial charge in [0.2, 0.25) is 5.39 Å². The molecular formula is C13H17BClF4N3. The summed E-state index contributed by atoms with van der Waals surface area (Å²) in [6.45, 7) is 0. The molecule has 0 aliphatic heterocycles. The first-order chi connectivity index (χ1) is 10.2. The van der Waals surface area contributed by atoms with Gasteiger partial charge in [0.1, 0.15) is 5.69 Å². The molecule has 1 fully saturated rings. The number of diazo groups is 1. The molecule has 22 heavy (non-hydrogen) atoms. The van der Waals surface area contributed by atoms with Crippen LogP contribution in [0.1, 0.15) is 25.7 Å². The Morgan fingerprint density at radius 2 is 1.73 bits per heavy atom. The van der Waals surface area contributed by atoms with Crippen LogP contribution in [0.4, 0.5) is 28.6 Å². The van der Waals surface area contributed by atoms with Gasteiger partial charge in [-0.25, -0.2) is 0 Å². The van der Waals surface area contributed by atoms with Crippen LogP contribution in [-0.4, -0.2) is 25.7 Å². The smallest absolute Gasteiger partial charge is 0.418 e. The third-order valence-electron chi connectivity index (χ3n) is 3.51. The largest absolute Gasteiger partial charge is 0.673 e. The van der Waals surface area contributed by atoms with Gasteiger partial charge in [-0.2, -0.15) is 0 Å². The van der Waals surface area contributed by atoms with Gasteiger partial charge in [-0.05, 0) is 18.9 Å². The Labute approximate surface area is 132 Å². The molecule has 2 unspecified atom stereocenters. The highest BCUT2D eigenvalue weighted by atomic mass is 35.5. The molecule has 3 nitrogen and oxygen atoms in total. The molecule has 0 aromatic heterocycles. The topological polar surface area (TPSA) is 31.4 Å².